The number of hydrogen-bond donors (Lipinski definition) is 2. The monoisotopic (exact) mass is 271 g/mol. The Morgan fingerprint density at radius 3 is 2.90 bits per heavy atom. The van der Waals surface area contributed by atoms with E-state index in [0.717, 1.165) is 19.0 Å². The van der Waals surface area contributed by atoms with Crippen molar-refractivity contribution in [1.82, 2.24) is 15.2 Å². The predicted molar refractivity (Wildman–Crippen MR) is 85.0 cm³/mol. The van der Waals surface area contributed by atoms with E-state index in [4.69, 9.17) is 0 Å². The Kier molecular flexibility index (Phi) is 4.08. The summed E-state index contributed by atoms with van der Waals surface area (Å²) in [7, 11) is 2.13. The van der Waals surface area contributed by atoms with Crippen molar-refractivity contribution >= 4 is 10.9 Å². The molecule has 3 heteroatoms. The van der Waals surface area contributed by atoms with E-state index >= 15 is 0 Å². The molecule has 0 atom stereocenters. The Bertz CT molecular complexity index is 579. The van der Waals surface area contributed by atoms with E-state index in [1.807, 2.05) is 0 Å². The Morgan fingerprint density at radius 2 is 2.10 bits per heavy atom. The SMILES string of the molecule is Cc1ccc2c(c1)c(CNCC1CCNCC1)cn2C. The Hall–Kier alpha value is -1.32. The molecule has 1 saturated heterocycles. The van der Waals surface area contributed by atoms with Crippen molar-refractivity contribution in [1.29, 1.82) is 0 Å². The van der Waals surface area contributed by atoms with Crippen LogP contribution in [0.25, 0.3) is 10.9 Å². The van der Waals surface area contributed by atoms with Crippen LogP contribution in [0.3, 0.4) is 0 Å². The van der Waals surface area contributed by atoms with Crippen molar-refractivity contribution in [2.24, 2.45) is 13.0 Å². The molecule has 1 aromatic heterocycles. The first-order valence-corrected chi connectivity index (χ1v) is 7.70. The lowest BCUT2D eigenvalue weighted by atomic mass is 9.98. The highest BCUT2D eigenvalue weighted by Gasteiger charge is 2.13. The summed E-state index contributed by atoms with van der Waals surface area (Å²) >= 11 is 0. The second-order valence-corrected chi connectivity index (χ2v) is 6.11. The van der Waals surface area contributed by atoms with Crippen molar-refractivity contribution in [3.8, 4) is 0 Å². The summed E-state index contributed by atoms with van der Waals surface area (Å²) in [5.74, 6) is 0.841. The van der Waals surface area contributed by atoms with Crippen LogP contribution in [0.5, 0.6) is 0 Å². The van der Waals surface area contributed by atoms with Gasteiger partial charge in [-0.25, -0.2) is 0 Å². The molecule has 0 amide bonds. The second kappa shape index (κ2) is 5.98. The van der Waals surface area contributed by atoms with Crippen LogP contribution in [0, 0.1) is 12.8 Å². The molecule has 20 heavy (non-hydrogen) atoms. The maximum Gasteiger partial charge on any atom is 0.0481 e. The van der Waals surface area contributed by atoms with Crippen LogP contribution >= 0.6 is 0 Å². The topological polar surface area (TPSA) is 29.0 Å². The van der Waals surface area contributed by atoms with Gasteiger partial charge in [0.1, 0.15) is 0 Å². The Labute approximate surface area is 121 Å². The first-order chi connectivity index (χ1) is 9.74. The summed E-state index contributed by atoms with van der Waals surface area (Å²) < 4.78 is 2.23. The minimum absolute atomic E-state index is 0.841. The average Bonchev–Trinajstić information content (AvgIpc) is 2.76. The van der Waals surface area contributed by atoms with E-state index in [2.05, 4.69) is 53.6 Å². The third-order valence-corrected chi connectivity index (χ3v) is 4.43. The van der Waals surface area contributed by atoms with Gasteiger partial charge in [0.25, 0.3) is 0 Å². The summed E-state index contributed by atoms with van der Waals surface area (Å²) in [6, 6.07) is 6.71. The molecule has 1 aliphatic rings. The lowest BCUT2D eigenvalue weighted by molar-refractivity contribution is 0.356. The molecule has 0 spiro atoms. The van der Waals surface area contributed by atoms with E-state index in [1.165, 1.54) is 48.0 Å². The molecule has 0 radical (unpaired) electrons. The Morgan fingerprint density at radius 1 is 1.30 bits per heavy atom. The molecule has 3 rings (SSSR count). The molecule has 2 N–H and O–H groups in total. The predicted octanol–water partition coefficient (Wildman–Crippen LogP) is 2.58. The highest BCUT2D eigenvalue weighted by molar-refractivity contribution is 5.84. The van der Waals surface area contributed by atoms with Gasteiger partial charge in [-0.15, -0.1) is 0 Å². The fourth-order valence-electron chi connectivity index (χ4n) is 3.23. The summed E-state index contributed by atoms with van der Waals surface area (Å²) in [5, 5.41) is 8.47. The van der Waals surface area contributed by atoms with Crippen molar-refractivity contribution in [2.75, 3.05) is 19.6 Å². The molecule has 108 valence electrons. The van der Waals surface area contributed by atoms with Crippen molar-refractivity contribution in [3.05, 3.63) is 35.5 Å². The molecule has 0 aliphatic carbocycles. The summed E-state index contributed by atoms with van der Waals surface area (Å²) in [5.41, 5.74) is 4.08. The van der Waals surface area contributed by atoms with Crippen LogP contribution in [0.1, 0.15) is 24.0 Å². The van der Waals surface area contributed by atoms with E-state index in [9.17, 15) is 0 Å². The number of aromatic nitrogens is 1. The fourth-order valence-corrected chi connectivity index (χ4v) is 3.23. The molecule has 1 fully saturated rings. The maximum atomic E-state index is 3.66. The number of hydrogen-bond acceptors (Lipinski definition) is 2. The third kappa shape index (κ3) is 2.89. The standard InChI is InChI=1S/C17H25N3/c1-13-3-4-17-16(9-13)15(12-20(17)2)11-19-10-14-5-7-18-8-6-14/h3-4,9,12,14,18-19H,5-8,10-11H2,1-2H3. The lowest BCUT2D eigenvalue weighted by Crippen LogP contribution is -2.33. The van der Waals surface area contributed by atoms with E-state index < -0.39 is 0 Å². The van der Waals surface area contributed by atoms with Crippen LogP contribution in [0.4, 0.5) is 0 Å². The minimum Gasteiger partial charge on any atom is -0.350 e. The zero-order valence-electron chi connectivity index (χ0n) is 12.6. The molecule has 0 saturated carbocycles. The van der Waals surface area contributed by atoms with Gasteiger partial charge in [-0.1, -0.05) is 11.6 Å². The lowest BCUT2D eigenvalue weighted by Gasteiger charge is -2.22. The largest absolute Gasteiger partial charge is 0.350 e. The average molecular weight is 271 g/mol. The van der Waals surface area contributed by atoms with Gasteiger partial charge in [-0.05, 0) is 63.0 Å². The second-order valence-electron chi connectivity index (χ2n) is 6.11. The van der Waals surface area contributed by atoms with Crippen LogP contribution in [0.15, 0.2) is 24.4 Å². The summed E-state index contributed by atoms with van der Waals surface area (Å²) in [6.45, 7) is 6.65. The fraction of sp³-hybridized carbons (Fsp3) is 0.529. The van der Waals surface area contributed by atoms with Crippen molar-refractivity contribution < 1.29 is 0 Å². The zero-order chi connectivity index (χ0) is 13.9. The van der Waals surface area contributed by atoms with Crippen LogP contribution in [-0.2, 0) is 13.6 Å². The maximum absolute atomic E-state index is 3.66. The molecule has 0 unspecified atom stereocenters. The van der Waals surface area contributed by atoms with Gasteiger partial charge in [0, 0.05) is 30.7 Å². The number of fused-ring (bicyclic) bond motifs is 1. The number of nitrogens with one attached hydrogen (secondary N) is 2. The molecule has 0 bridgehead atoms. The van der Waals surface area contributed by atoms with Gasteiger partial charge in [-0.3, -0.25) is 0 Å². The smallest absolute Gasteiger partial charge is 0.0481 e. The van der Waals surface area contributed by atoms with E-state index in [1.54, 1.807) is 0 Å². The highest BCUT2D eigenvalue weighted by atomic mass is 14.9. The minimum atomic E-state index is 0.841. The zero-order valence-corrected chi connectivity index (χ0v) is 12.6. The molecule has 2 aromatic rings. The first-order valence-electron chi connectivity index (χ1n) is 7.70. The molecule has 3 nitrogen and oxygen atoms in total. The summed E-state index contributed by atoms with van der Waals surface area (Å²) in [4.78, 5) is 0. The molecule has 2 heterocycles. The van der Waals surface area contributed by atoms with Crippen LogP contribution in [0.2, 0.25) is 0 Å². The normalized spacial score (nSPS) is 16.9. The number of rotatable bonds is 4. The van der Waals surface area contributed by atoms with Gasteiger partial charge < -0.3 is 15.2 Å². The van der Waals surface area contributed by atoms with Crippen molar-refractivity contribution in [2.45, 2.75) is 26.3 Å². The molecular formula is C17H25N3. The molecular weight excluding hydrogens is 246 g/mol. The van der Waals surface area contributed by atoms with Gasteiger partial charge >= 0.3 is 0 Å². The third-order valence-electron chi connectivity index (χ3n) is 4.43. The summed E-state index contributed by atoms with van der Waals surface area (Å²) in [6.07, 6.45) is 4.88. The number of benzene rings is 1. The molecule has 1 aliphatic heterocycles. The van der Waals surface area contributed by atoms with Crippen LogP contribution < -0.4 is 10.6 Å². The van der Waals surface area contributed by atoms with Gasteiger partial charge in [0.2, 0.25) is 0 Å². The van der Waals surface area contributed by atoms with Crippen LogP contribution in [-0.4, -0.2) is 24.2 Å². The quantitative estimate of drug-likeness (QED) is 0.895. The highest BCUT2D eigenvalue weighted by Crippen LogP contribution is 2.22. The Balaban J connectivity index is 1.66. The van der Waals surface area contributed by atoms with E-state index in [0.29, 0.717) is 0 Å². The number of piperidine rings is 1. The molecule has 1 aromatic carbocycles. The van der Waals surface area contributed by atoms with Gasteiger partial charge in [0.15, 0.2) is 0 Å². The van der Waals surface area contributed by atoms with Gasteiger partial charge in [0.05, 0.1) is 0 Å². The van der Waals surface area contributed by atoms with E-state index in [-0.39, 0.29) is 0 Å². The first kappa shape index (κ1) is 13.7. The van der Waals surface area contributed by atoms with Crippen molar-refractivity contribution in [3.63, 3.8) is 0 Å². The number of aryl methyl sites for hydroxylation is 2. The number of nitrogens with zero attached hydrogens (tertiary/aromatic N) is 1. The van der Waals surface area contributed by atoms with Gasteiger partial charge in [-0.2, -0.15) is 0 Å².